The van der Waals surface area contributed by atoms with E-state index in [1.54, 1.807) is 19.1 Å². The monoisotopic (exact) mass is 390 g/mol. The molecule has 0 fully saturated rings. The Kier molecular flexibility index (Phi) is 6.58. The van der Waals surface area contributed by atoms with Crippen molar-refractivity contribution >= 4 is 50.9 Å². The zero-order chi connectivity index (χ0) is 17.3. The molecule has 1 atom stereocenters. The van der Waals surface area contributed by atoms with Gasteiger partial charge in [0.25, 0.3) is 0 Å². The summed E-state index contributed by atoms with van der Waals surface area (Å²) in [6, 6.07) is 7.08. The van der Waals surface area contributed by atoms with Crippen LogP contribution < -0.4 is 4.72 Å². The number of hydrogen-bond acceptors (Lipinski definition) is 5. The Morgan fingerprint density at radius 2 is 1.88 bits per heavy atom. The van der Waals surface area contributed by atoms with Crippen LogP contribution in [0.25, 0.3) is 22.8 Å². The van der Waals surface area contributed by atoms with Gasteiger partial charge in [-0.25, -0.2) is 22.5 Å². The molecule has 128 valence electrons. The van der Waals surface area contributed by atoms with E-state index in [4.69, 9.17) is 4.42 Å². The molecular weight excluding hydrogens is 374 g/mol. The molecule has 1 N–H and O–H groups in total. The van der Waals surface area contributed by atoms with E-state index in [9.17, 15) is 12.8 Å². The summed E-state index contributed by atoms with van der Waals surface area (Å²) in [4.78, 5) is 4.44. The van der Waals surface area contributed by atoms with E-state index >= 15 is 0 Å². The molecule has 2 aromatic heterocycles. The first-order valence-electron chi connectivity index (χ1n) is 7.10. The van der Waals surface area contributed by atoms with Gasteiger partial charge in [-0.15, -0.1) is 0 Å². The third-order valence-electron chi connectivity index (χ3n) is 3.33. The van der Waals surface area contributed by atoms with Crippen LogP contribution in [0.5, 0.6) is 0 Å². The van der Waals surface area contributed by atoms with Crippen molar-refractivity contribution in [3.63, 3.8) is 0 Å². The molecule has 0 bridgehead atoms. The Balaban J connectivity index is 0.00000225. The zero-order valence-electron chi connectivity index (χ0n) is 13.0. The van der Waals surface area contributed by atoms with Gasteiger partial charge in [0.1, 0.15) is 11.5 Å². The average Bonchev–Trinajstić information content (AvgIpc) is 3.15. The standard InChI is InChI=1S/C16H15FN2O3S2.Na.H/c1-10(19-24(2,20)21)14-15(12-7-8-23-9-12)22-16(18-14)11-3-5-13(17)6-4-11;;/h3-10,19H,1-2H3;;. The molecule has 3 aromatic rings. The summed E-state index contributed by atoms with van der Waals surface area (Å²) in [5.74, 6) is 0.461. The summed E-state index contributed by atoms with van der Waals surface area (Å²) in [5.41, 5.74) is 1.92. The number of oxazole rings is 1. The maximum atomic E-state index is 13.1. The zero-order valence-corrected chi connectivity index (χ0v) is 14.6. The number of nitrogens with zero attached hydrogens (tertiary/aromatic N) is 1. The second-order valence-corrected chi connectivity index (χ2v) is 7.92. The van der Waals surface area contributed by atoms with E-state index in [1.807, 2.05) is 16.8 Å². The minimum absolute atomic E-state index is 0. The van der Waals surface area contributed by atoms with Gasteiger partial charge in [-0.05, 0) is 42.6 Å². The van der Waals surface area contributed by atoms with Crippen LogP contribution in [0.4, 0.5) is 4.39 Å². The number of aromatic nitrogens is 1. The van der Waals surface area contributed by atoms with E-state index in [1.165, 1.54) is 23.5 Å². The van der Waals surface area contributed by atoms with Crippen molar-refractivity contribution in [1.29, 1.82) is 0 Å². The van der Waals surface area contributed by atoms with Gasteiger partial charge in [-0.1, -0.05) is 0 Å². The number of nitrogens with one attached hydrogen (secondary N) is 1. The molecule has 0 aliphatic carbocycles. The molecule has 0 saturated heterocycles. The van der Waals surface area contributed by atoms with Gasteiger partial charge in [0, 0.05) is 16.5 Å². The third kappa shape index (κ3) is 4.99. The Bertz CT molecular complexity index is 938. The van der Waals surface area contributed by atoms with Crippen molar-refractivity contribution in [2.75, 3.05) is 6.26 Å². The molecule has 0 saturated carbocycles. The first-order chi connectivity index (χ1) is 11.3. The molecule has 25 heavy (non-hydrogen) atoms. The van der Waals surface area contributed by atoms with Crippen LogP contribution in [0.2, 0.25) is 0 Å². The molecule has 1 unspecified atom stereocenters. The Labute approximate surface area is 171 Å². The van der Waals surface area contributed by atoms with Crippen molar-refractivity contribution in [1.82, 2.24) is 9.71 Å². The Morgan fingerprint density at radius 1 is 1.20 bits per heavy atom. The summed E-state index contributed by atoms with van der Waals surface area (Å²) in [5, 5.41) is 3.79. The molecule has 0 spiro atoms. The van der Waals surface area contributed by atoms with Gasteiger partial charge in [0.15, 0.2) is 5.76 Å². The minimum atomic E-state index is -3.40. The van der Waals surface area contributed by atoms with Crippen LogP contribution in [0, 0.1) is 5.82 Å². The second-order valence-electron chi connectivity index (χ2n) is 5.36. The molecule has 9 heteroatoms. The van der Waals surface area contributed by atoms with Crippen LogP contribution in [-0.4, -0.2) is 49.2 Å². The van der Waals surface area contributed by atoms with Gasteiger partial charge in [0.05, 0.1) is 12.3 Å². The van der Waals surface area contributed by atoms with E-state index in [-0.39, 0.29) is 35.4 Å². The predicted octanol–water partition coefficient (Wildman–Crippen LogP) is 3.17. The van der Waals surface area contributed by atoms with Crippen LogP contribution in [0.15, 0.2) is 45.5 Å². The number of thiophene rings is 1. The van der Waals surface area contributed by atoms with Gasteiger partial charge >= 0.3 is 29.6 Å². The number of halogens is 1. The van der Waals surface area contributed by atoms with E-state index in [0.717, 1.165) is 11.8 Å². The van der Waals surface area contributed by atoms with Gasteiger partial charge in [-0.2, -0.15) is 11.3 Å². The first kappa shape index (κ1) is 20.3. The van der Waals surface area contributed by atoms with E-state index in [2.05, 4.69) is 9.71 Å². The number of sulfonamides is 1. The molecule has 0 amide bonds. The maximum absolute atomic E-state index is 13.1. The summed E-state index contributed by atoms with van der Waals surface area (Å²) < 4.78 is 44.5. The average molecular weight is 390 g/mol. The van der Waals surface area contributed by atoms with Crippen LogP contribution in [-0.2, 0) is 10.0 Å². The van der Waals surface area contributed by atoms with E-state index < -0.39 is 16.1 Å². The quantitative estimate of drug-likeness (QED) is 0.679. The predicted molar refractivity (Wildman–Crippen MR) is 98.8 cm³/mol. The Morgan fingerprint density at radius 3 is 2.44 bits per heavy atom. The molecular formula is C16H16FN2NaO3S2. The van der Waals surface area contributed by atoms with Crippen molar-refractivity contribution < 1.29 is 17.2 Å². The fourth-order valence-corrected chi connectivity index (χ4v) is 3.71. The summed E-state index contributed by atoms with van der Waals surface area (Å²) in [7, 11) is -3.40. The van der Waals surface area contributed by atoms with Crippen LogP contribution in [0.1, 0.15) is 18.7 Å². The van der Waals surface area contributed by atoms with Crippen molar-refractivity contribution in [2.24, 2.45) is 0 Å². The summed E-state index contributed by atoms with van der Waals surface area (Å²) in [6.07, 6.45) is 1.09. The van der Waals surface area contributed by atoms with Crippen LogP contribution in [0.3, 0.4) is 0 Å². The van der Waals surface area contributed by atoms with E-state index in [0.29, 0.717) is 22.9 Å². The summed E-state index contributed by atoms with van der Waals surface area (Å²) in [6.45, 7) is 1.70. The fourth-order valence-electron chi connectivity index (χ4n) is 2.32. The second kappa shape index (κ2) is 8.11. The normalized spacial score (nSPS) is 12.6. The Hall–Kier alpha value is -1.03. The molecule has 2 heterocycles. The SMILES string of the molecule is CC(NS(C)(=O)=O)c1nc(-c2ccc(F)cc2)oc1-c1ccsc1.[NaH]. The molecule has 0 aliphatic heterocycles. The molecule has 1 aromatic carbocycles. The van der Waals surface area contributed by atoms with Crippen molar-refractivity contribution in [2.45, 2.75) is 13.0 Å². The van der Waals surface area contributed by atoms with Crippen LogP contribution >= 0.6 is 11.3 Å². The van der Waals surface area contributed by atoms with Gasteiger partial charge in [-0.3, -0.25) is 0 Å². The number of hydrogen-bond donors (Lipinski definition) is 1. The van der Waals surface area contributed by atoms with Crippen molar-refractivity contribution in [3.8, 4) is 22.8 Å². The van der Waals surface area contributed by atoms with Crippen molar-refractivity contribution in [3.05, 3.63) is 52.6 Å². The third-order valence-corrected chi connectivity index (χ3v) is 4.79. The topological polar surface area (TPSA) is 72.2 Å². The van der Waals surface area contributed by atoms with Gasteiger partial charge in [0.2, 0.25) is 15.9 Å². The molecule has 3 rings (SSSR count). The fraction of sp³-hybridized carbons (Fsp3) is 0.188. The van der Waals surface area contributed by atoms with Gasteiger partial charge < -0.3 is 4.42 Å². The molecule has 0 radical (unpaired) electrons. The first-order valence-corrected chi connectivity index (χ1v) is 9.93. The number of benzene rings is 1. The molecule has 0 aliphatic rings. The summed E-state index contributed by atoms with van der Waals surface area (Å²) >= 11 is 1.50. The molecule has 5 nitrogen and oxygen atoms in total. The number of rotatable bonds is 5.